The molecule has 4 nitrogen and oxygen atoms in total. The van der Waals surface area contributed by atoms with Crippen molar-refractivity contribution in [2.45, 2.75) is 39.5 Å². The van der Waals surface area contributed by atoms with Crippen LogP contribution in [0, 0.1) is 0 Å². The van der Waals surface area contributed by atoms with Crippen LogP contribution in [0.2, 0.25) is 0 Å². The van der Waals surface area contributed by atoms with Gasteiger partial charge in [-0.2, -0.15) is 0 Å². The van der Waals surface area contributed by atoms with Gasteiger partial charge in [0.15, 0.2) is 0 Å². The summed E-state index contributed by atoms with van der Waals surface area (Å²) >= 11 is 0. The first-order chi connectivity index (χ1) is 6.69. The second-order valence-electron chi connectivity index (χ2n) is 3.47. The Bertz CT molecular complexity index is 327. The Labute approximate surface area is 84.1 Å². The molecule has 0 saturated carbocycles. The van der Waals surface area contributed by atoms with Gasteiger partial charge in [0.05, 0.1) is 12.6 Å². The molecule has 0 aliphatic heterocycles. The smallest absolute Gasteiger partial charge is 0.328 e. The zero-order chi connectivity index (χ0) is 10.6. The first-order valence-corrected chi connectivity index (χ1v) is 4.97. The van der Waals surface area contributed by atoms with Crippen molar-refractivity contribution in [1.29, 1.82) is 0 Å². The van der Waals surface area contributed by atoms with E-state index < -0.39 is 0 Å². The molecule has 1 rings (SSSR count). The molecule has 1 heterocycles. The normalized spacial score (nSPS) is 13.1. The third kappa shape index (κ3) is 2.48. The molecule has 0 aromatic carbocycles. The summed E-state index contributed by atoms with van der Waals surface area (Å²) < 4.78 is 8.52. The Hall–Kier alpha value is -1.03. The molecular formula is C10H18N2O2. The Morgan fingerprint density at radius 1 is 1.43 bits per heavy atom. The molecule has 0 spiro atoms. The van der Waals surface area contributed by atoms with Crippen molar-refractivity contribution in [3.63, 3.8) is 0 Å². The summed E-state index contributed by atoms with van der Waals surface area (Å²) in [6, 6.07) is 0. The first kappa shape index (κ1) is 11.0. The van der Waals surface area contributed by atoms with E-state index in [0.29, 0.717) is 6.54 Å². The number of imidazole rings is 1. The van der Waals surface area contributed by atoms with Crippen molar-refractivity contribution in [2.24, 2.45) is 0 Å². The lowest BCUT2D eigenvalue weighted by atomic mass is 10.4. The molecule has 0 saturated heterocycles. The average Bonchev–Trinajstić information content (AvgIpc) is 2.50. The van der Waals surface area contributed by atoms with Gasteiger partial charge in [0, 0.05) is 26.0 Å². The standard InChI is InChI=1S/C10H18N2O2/c1-4-5-11-6-7-12(10(11)13)8-9(2)14-3/h6-7,9H,4-5,8H2,1-3H3. The van der Waals surface area contributed by atoms with Crippen LogP contribution >= 0.6 is 0 Å². The fraction of sp³-hybridized carbons (Fsp3) is 0.700. The summed E-state index contributed by atoms with van der Waals surface area (Å²) in [6.07, 6.45) is 4.69. The Kier molecular flexibility index (Phi) is 3.95. The predicted molar refractivity (Wildman–Crippen MR) is 55.5 cm³/mol. The van der Waals surface area contributed by atoms with Crippen LogP contribution in [-0.2, 0) is 17.8 Å². The largest absolute Gasteiger partial charge is 0.380 e. The quantitative estimate of drug-likeness (QED) is 0.710. The second kappa shape index (κ2) is 5.00. The average molecular weight is 198 g/mol. The van der Waals surface area contributed by atoms with Crippen LogP contribution in [0.15, 0.2) is 17.2 Å². The first-order valence-electron chi connectivity index (χ1n) is 4.97. The third-order valence-corrected chi connectivity index (χ3v) is 2.24. The minimum Gasteiger partial charge on any atom is -0.380 e. The zero-order valence-electron chi connectivity index (χ0n) is 9.06. The Morgan fingerprint density at radius 3 is 2.64 bits per heavy atom. The van der Waals surface area contributed by atoms with Crippen LogP contribution in [0.4, 0.5) is 0 Å². The summed E-state index contributed by atoms with van der Waals surface area (Å²) in [5, 5.41) is 0. The molecule has 0 aliphatic rings. The molecular weight excluding hydrogens is 180 g/mol. The lowest BCUT2D eigenvalue weighted by Crippen LogP contribution is -2.28. The maximum Gasteiger partial charge on any atom is 0.328 e. The number of aromatic nitrogens is 2. The molecule has 0 N–H and O–H groups in total. The minimum absolute atomic E-state index is 0.0516. The van der Waals surface area contributed by atoms with Crippen LogP contribution in [0.25, 0.3) is 0 Å². The fourth-order valence-electron chi connectivity index (χ4n) is 1.36. The molecule has 80 valence electrons. The molecule has 0 fully saturated rings. The van der Waals surface area contributed by atoms with E-state index in [1.54, 1.807) is 16.2 Å². The van der Waals surface area contributed by atoms with Crippen LogP contribution in [0.3, 0.4) is 0 Å². The van der Waals surface area contributed by atoms with Crippen LogP contribution < -0.4 is 5.69 Å². The lowest BCUT2D eigenvalue weighted by Gasteiger charge is -2.08. The molecule has 1 unspecified atom stereocenters. The summed E-state index contributed by atoms with van der Waals surface area (Å²) in [5.41, 5.74) is 0.0516. The van der Waals surface area contributed by atoms with E-state index in [1.165, 1.54) is 0 Å². The van der Waals surface area contributed by atoms with E-state index in [2.05, 4.69) is 6.92 Å². The van der Waals surface area contributed by atoms with E-state index in [0.717, 1.165) is 13.0 Å². The molecule has 4 heteroatoms. The van der Waals surface area contributed by atoms with Crippen LogP contribution in [0.1, 0.15) is 20.3 Å². The SMILES string of the molecule is CCCn1ccn(CC(C)OC)c1=O. The second-order valence-corrected chi connectivity index (χ2v) is 3.47. The highest BCUT2D eigenvalue weighted by Gasteiger charge is 2.05. The van der Waals surface area contributed by atoms with Crippen molar-refractivity contribution < 1.29 is 4.74 Å². The van der Waals surface area contributed by atoms with Gasteiger partial charge >= 0.3 is 5.69 Å². The number of ether oxygens (including phenoxy) is 1. The third-order valence-electron chi connectivity index (χ3n) is 2.24. The van der Waals surface area contributed by atoms with E-state index in [4.69, 9.17) is 4.74 Å². The van der Waals surface area contributed by atoms with E-state index >= 15 is 0 Å². The highest BCUT2D eigenvalue weighted by atomic mass is 16.5. The summed E-state index contributed by atoms with van der Waals surface area (Å²) in [7, 11) is 1.65. The van der Waals surface area contributed by atoms with Crippen molar-refractivity contribution in [3.8, 4) is 0 Å². The number of hydrogen-bond donors (Lipinski definition) is 0. The number of methoxy groups -OCH3 is 1. The van der Waals surface area contributed by atoms with E-state index in [1.807, 2.05) is 19.3 Å². The topological polar surface area (TPSA) is 36.2 Å². The van der Waals surface area contributed by atoms with Gasteiger partial charge in [-0.3, -0.25) is 9.13 Å². The minimum atomic E-state index is 0.0516. The van der Waals surface area contributed by atoms with E-state index in [9.17, 15) is 4.79 Å². The molecule has 1 atom stereocenters. The fourth-order valence-corrected chi connectivity index (χ4v) is 1.36. The highest BCUT2D eigenvalue weighted by molar-refractivity contribution is 4.82. The van der Waals surface area contributed by atoms with Gasteiger partial charge in [-0.05, 0) is 13.3 Å². The van der Waals surface area contributed by atoms with Gasteiger partial charge in [-0.25, -0.2) is 4.79 Å². The van der Waals surface area contributed by atoms with Crippen LogP contribution in [0.5, 0.6) is 0 Å². The van der Waals surface area contributed by atoms with Crippen molar-refractivity contribution >= 4 is 0 Å². The summed E-state index contributed by atoms with van der Waals surface area (Å²) in [4.78, 5) is 11.7. The molecule has 1 aromatic rings. The number of hydrogen-bond acceptors (Lipinski definition) is 2. The van der Waals surface area contributed by atoms with Crippen molar-refractivity contribution in [3.05, 3.63) is 22.9 Å². The zero-order valence-corrected chi connectivity index (χ0v) is 9.06. The van der Waals surface area contributed by atoms with Gasteiger partial charge in [-0.15, -0.1) is 0 Å². The molecule has 14 heavy (non-hydrogen) atoms. The van der Waals surface area contributed by atoms with Gasteiger partial charge in [-0.1, -0.05) is 6.92 Å². The molecule has 1 aromatic heterocycles. The lowest BCUT2D eigenvalue weighted by molar-refractivity contribution is 0.102. The highest BCUT2D eigenvalue weighted by Crippen LogP contribution is 1.94. The van der Waals surface area contributed by atoms with Crippen molar-refractivity contribution in [1.82, 2.24) is 9.13 Å². The van der Waals surface area contributed by atoms with E-state index in [-0.39, 0.29) is 11.8 Å². The van der Waals surface area contributed by atoms with Gasteiger partial charge in [0.25, 0.3) is 0 Å². The van der Waals surface area contributed by atoms with Crippen molar-refractivity contribution in [2.75, 3.05) is 7.11 Å². The predicted octanol–water partition coefficient (Wildman–Crippen LogP) is 1.09. The number of nitrogens with zero attached hydrogens (tertiary/aromatic N) is 2. The number of rotatable bonds is 5. The Morgan fingerprint density at radius 2 is 2.07 bits per heavy atom. The van der Waals surface area contributed by atoms with Gasteiger partial charge < -0.3 is 4.74 Å². The maximum absolute atomic E-state index is 11.7. The maximum atomic E-state index is 11.7. The number of aryl methyl sites for hydroxylation is 1. The summed E-state index contributed by atoms with van der Waals surface area (Å²) in [5.74, 6) is 0. The molecule has 0 amide bonds. The van der Waals surface area contributed by atoms with Gasteiger partial charge in [0.1, 0.15) is 0 Å². The monoisotopic (exact) mass is 198 g/mol. The Balaban J connectivity index is 2.74. The van der Waals surface area contributed by atoms with Gasteiger partial charge in [0.2, 0.25) is 0 Å². The molecule has 0 bridgehead atoms. The van der Waals surface area contributed by atoms with Crippen LogP contribution in [-0.4, -0.2) is 22.3 Å². The molecule has 0 radical (unpaired) electrons. The summed E-state index contributed by atoms with van der Waals surface area (Å²) in [6.45, 7) is 5.41. The molecule has 0 aliphatic carbocycles.